The van der Waals surface area contributed by atoms with Crippen molar-refractivity contribution >= 4 is 11.6 Å². The fourth-order valence-electron chi connectivity index (χ4n) is 3.85. The number of rotatable bonds is 5. The van der Waals surface area contributed by atoms with E-state index in [-0.39, 0.29) is 11.8 Å². The van der Waals surface area contributed by atoms with Crippen molar-refractivity contribution in [2.24, 2.45) is 23.7 Å². The Morgan fingerprint density at radius 3 is 2.61 bits per heavy atom. The maximum absolute atomic E-state index is 12.9. The molecule has 0 spiro atoms. The van der Waals surface area contributed by atoms with Crippen LogP contribution in [0.5, 0.6) is 0 Å². The van der Waals surface area contributed by atoms with Gasteiger partial charge in [-0.1, -0.05) is 45.4 Å². The van der Waals surface area contributed by atoms with Crippen molar-refractivity contribution in [3.05, 3.63) is 29.8 Å². The summed E-state index contributed by atoms with van der Waals surface area (Å²) in [5.74, 6) is 2.08. The minimum atomic E-state index is 0.145. The Bertz CT molecular complexity index is 524. The molecule has 0 saturated heterocycles. The van der Waals surface area contributed by atoms with Gasteiger partial charge in [-0.2, -0.15) is 0 Å². The molecule has 1 aromatic carbocycles. The molecule has 0 unspecified atom stereocenters. The zero-order chi connectivity index (χ0) is 17.0. The molecule has 3 atom stereocenters. The van der Waals surface area contributed by atoms with Crippen molar-refractivity contribution < 1.29 is 4.79 Å². The van der Waals surface area contributed by atoms with Crippen LogP contribution in [0.15, 0.2) is 24.3 Å². The summed E-state index contributed by atoms with van der Waals surface area (Å²) in [5.41, 5.74) is 2.14. The summed E-state index contributed by atoms with van der Waals surface area (Å²) >= 11 is 0. The third kappa shape index (κ3) is 4.81. The molecule has 3 heteroatoms. The van der Waals surface area contributed by atoms with Crippen molar-refractivity contribution in [3.63, 3.8) is 0 Å². The number of hydrogen-bond donors (Lipinski definition) is 1. The Morgan fingerprint density at radius 2 is 1.96 bits per heavy atom. The monoisotopic (exact) mass is 316 g/mol. The number of hydrogen-bond acceptors (Lipinski definition) is 2. The van der Waals surface area contributed by atoms with Gasteiger partial charge in [0, 0.05) is 18.2 Å². The molecule has 2 rings (SSSR count). The van der Waals surface area contributed by atoms with E-state index in [0.29, 0.717) is 17.8 Å². The molecule has 3 nitrogen and oxygen atoms in total. The van der Waals surface area contributed by atoms with Gasteiger partial charge in [0.15, 0.2) is 0 Å². The van der Waals surface area contributed by atoms with Gasteiger partial charge in [-0.15, -0.1) is 0 Å². The Kier molecular flexibility index (Phi) is 6.23. The molecule has 1 amide bonds. The normalized spacial score (nSPS) is 24.9. The van der Waals surface area contributed by atoms with Gasteiger partial charge in [0.1, 0.15) is 0 Å². The van der Waals surface area contributed by atoms with E-state index in [4.69, 9.17) is 0 Å². The van der Waals surface area contributed by atoms with Crippen LogP contribution >= 0.6 is 0 Å². The van der Waals surface area contributed by atoms with Gasteiger partial charge in [0.2, 0.25) is 5.91 Å². The largest absolute Gasteiger partial charge is 0.326 e. The summed E-state index contributed by atoms with van der Waals surface area (Å²) in [7, 11) is 4.10. The van der Waals surface area contributed by atoms with Crippen LogP contribution in [0.1, 0.15) is 45.6 Å². The second kappa shape index (κ2) is 7.96. The van der Waals surface area contributed by atoms with Crippen LogP contribution < -0.4 is 5.32 Å². The minimum absolute atomic E-state index is 0.145. The molecule has 0 aliphatic heterocycles. The molecule has 1 N–H and O–H groups in total. The lowest BCUT2D eigenvalue weighted by molar-refractivity contribution is -0.124. The van der Waals surface area contributed by atoms with Crippen molar-refractivity contribution in [1.82, 2.24) is 4.90 Å². The average Bonchev–Trinajstić information content (AvgIpc) is 2.48. The summed E-state index contributed by atoms with van der Waals surface area (Å²) < 4.78 is 0. The smallest absolute Gasteiger partial charge is 0.227 e. The van der Waals surface area contributed by atoms with Crippen molar-refractivity contribution in [2.75, 3.05) is 19.4 Å². The van der Waals surface area contributed by atoms with E-state index >= 15 is 0 Å². The van der Waals surface area contributed by atoms with Gasteiger partial charge in [0.25, 0.3) is 0 Å². The average molecular weight is 316 g/mol. The maximum atomic E-state index is 12.9. The Labute approximate surface area is 141 Å². The van der Waals surface area contributed by atoms with Crippen LogP contribution in [0.2, 0.25) is 0 Å². The summed E-state index contributed by atoms with van der Waals surface area (Å²) in [4.78, 5) is 15.1. The van der Waals surface area contributed by atoms with Crippen molar-refractivity contribution in [3.8, 4) is 0 Å². The molecule has 1 saturated carbocycles. The zero-order valence-corrected chi connectivity index (χ0v) is 15.3. The van der Waals surface area contributed by atoms with E-state index in [1.54, 1.807) is 0 Å². The lowest BCUT2D eigenvalue weighted by Gasteiger charge is -2.36. The highest BCUT2D eigenvalue weighted by Gasteiger charge is 2.35. The van der Waals surface area contributed by atoms with Gasteiger partial charge in [-0.05, 0) is 56.3 Å². The van der Waals surface area contributed by atoms with E-state index in [9.17, 15) is 4.79 Å². The quantitative estimate of drug-likeness (QED) is 0.873. The molecule has 128 valence electrons. The Hall–Kier alpha value is -1.35. The number of benzene rings is 1. The first-order valence-corrected chi connectivity index (χ1v) is 8.92. The van der Waals surface area contributed by atoms with Crippen LogP contribution in [0, 0.1) is 23.7 Å². The first-order valence-electron chi connectivity index (χ1n) is 8.92. The molecular weight excluding hydrogens is 284 g/mol. The van der Waals surface area contributed by atoms with Gasteiger partial charge < -0.3 is 10.2 Å². The number of carbonyl (C=O) groups excluding carboxylic acids is 1. The minimum Gasteiger partial charge on any atom is -0.326 e. The summed E-state index contributed by atoms with van der Waals surface area (Å²) in [5, 5.41) is 3.23. The third-order valence-electron chi connectivity index (χ3n) is 5.12. The number of nitrogens with one attached hydrogen (secondary N) is 1. The predicted molar refractivity (Wildman–Crippen MR) is 97.3 cm³/mol. The topological polar surface area (TPSA) is 32.3 Å². The van der Waals surface area contributed by atoms with Crippen LogP contribution in [0.25, 0.3) is 0 Å². The fraction of sp³-hybridized carbons (Fsp3) is 0.650. The zero-order valence-electron chi connectivity index (χ0n) is 15.3. The highest BCUT2D eigenvalue weighted by molar-refractivity contribution is 5.93. The van der Waals surface area contributed by atoms with Crippen molar-refractivity contribution in [2.45, 2.75) is 46.6 Å². The lowest BCUT2D eigenvalue weighted by atomic mass is 9.70. The van der Waals surface area contributed by atoms with Crippen LogP contribution in [0.4, 0.5) is 5.69 Å². The van der Waals surface area contributed by atoms with E-state index < -0.39 is 0 Å². The SMILES string of the molecule is CC(C)[C@@H]1CC[C@@H](C)C[C@H]1C(=O)Nc1ccccc1CN(C)C. The molecule has 0 heterocycles. The standard InChI is InChI=1S/C20H32N2O/c1-14(2)17-11-10-15(3)12-18(17)20(23)21-19-9-7-6-8-16(19)13-22(4)5/h6-9,14-15,17-18H,10-13H2,1-5H3,(H,21,23)/t15-,17+,18-/m1/s1. The molecule has 0 radical (unpaired) electrons. The molecule has 1 aromatic rings. The van der Waals surface area contributed by atoms with Crippen LogP contribution in [-0.2, 0) is 11.3 Å². The van der Waals surface area contributed by atoms with Gasteiger partial charge in [-0.25, -0.2) is 0 Å². The van der Waals surface area contributed by atoms with E-state index in [0.717, 1.165) is 18.7 Å². The summed E-state index contributed by atoms with van der Waals surface area (Å²) in [6.45, 7) is 7.61. The van der Waals surface area contributed by atoms with Gasteiger partial charge in [0.05, 0.1) is 0 Å². The highest BCUT2D eigenvalue weighted by Crippen LogP contribution is 2.38. The van der Waals surface area contributed by atoms with E-state index in [2.05, 4.69) is 51.1 Å². The first kappa shape index (κ1) is 18.0. The number of nitrogens with zero attached hydrogens (tertiary/aromatic N) is 1. The third-order valence-corrected chi connectivity index (χ3v) is 5.12. The second-order valence-corrected chi connectivity index (χ2v) is 7.82. The van der Waals surface area contributed by atoms with Gasteiger partial charge in [-0.3, -0.25) is 4.79 Å². The second-order valence-electron chi connectivity index (χ2n) is 7.82. The molecule has 0 bridgehead atoms. The maximum Gasteiger partial charge on any atom is 0.227 e. The number of para-hydroxylation sites is 1. The molecule has 23 heavy (non-hydrogen) atoms. The van der Waals surface area contributed by atoms with Gasteiger partial charge >= 0.3 is 0 Å². The lowest BCUT2D eigenvalue weighted by Crippen LogP contribution is -2.36. The molecular formula is C20H32N2O. The number of carbonyl (C=O) groups is 1. The molecule has 0 aromatic heterocycles. The van der Waals surface area contributed by atoms with E-state index in [1.165, 1.54) is 18.4 Å². The summed E-state index contributed by atoms with van der Waals surface area (Å²) in [6, 6.07) is 8.15. The van der Waals surface area contributed by atoms with E-state index in [1.807, 2.05) is 18.2 Å². The Balaban J connectivity index is 2.14. The number of amides is 1. The van der Waals surface area contributed by atoms with Crippen LogP contribution in [0.3, 0.4) is 0 Å². The Morgan fingerprint density at radius 1 is 1.26 bits per heavy atom. The molecule has 1 aliphatic carbocycles. The predicted octanol–water partition coefficient (Wildman–Crippen LogP) is 4.40. The van der Waals surface area contributed by atoms with Crippen LogP contribution in [-0.4, -0.2) is 24.9 Å². The molecule has 1 fully saturated rings. The number of anilines is 1. The van der Waals surface area contributed by atoms with Crippen molar-refractivity contribution in [1.29, 1.82) is 0 Å². The first-order chi connectivity index (χ1) is 10.9. The highest BCUT2D eigenvalue weighted by atomic mass is 16.1. The fourth-order valence-corrected chi connectivity index (χ4v) is 3.85. The summed E-state index contributed by atoms with van der Waals surface area (Å²) in [6.07, 6.45) is 3.45. The molecule has 1 aliphatic rings.